The molecule has 0 saturated carbocycles. The summed E-state index contributed by atoms with van der Waals surface area (Å²) in [6, 6.07) is 36.5. The fourth-order valence-corrected chi connectivity index (χ4v) is 6.00. The van der Waals surface area contributed by atoms with Gasteiger partial charge >= 0.3 is 11.9 Å². The van der Waals surface area contributed by atoms with Crippen LogP contribution in [-0.2, 0) is 19.1 Å². The Morgan fingerprint density at radius 3 is 1.39 bits per heavy atom. The molecule has 0 N–H and O–H groups in total. The minimum Gasteiger partial charge on any atom is -0.490 e. The van der Waals surface area contributed by atoms with Crippen LogP contribution in [0.25, 0.3) is 32.7 Å². The van der Waals surface area contributed by atoms with Gasteiger partial charge in [0.1, 0.15) is 37.9 Å². The van der Waals surface area contributed by atoms with Gasteiger partial charge in [-0.15, -0.1) is 0 Å². The fourth-order valence-electron chi connectivity index (χ4n) is 6.00. The predicted molar refractivity (Wildman–Crippen MR) is 215 cm³/mol. The van der Waals surface area contributed by atoms with Crippen LogP contribution in [0.5, 0.6) is 11.5 Å². The van der Waals surface area contributed by atoms with Crippen LogP contribution in [0.15, 0.2) is 135 Å². The van der Waals surface area contributed by atoms with Crippen molar-refractivity contribution in [2.24, 2.45) is 0 Å². The number of ether oxygens (including phenoxy) is 4. The zero-order chi connectivity index (χ0) is 37.9. The number of aryl methyl sites for hydroxylation is 2. The lowest BCUT2D eigenvalue weighted by Gasteiger charge is -2.11. The Balaban J connectivity index is 1.08. The van der Waals surface area contributed by atoms with E-state index >= 15 is 0 Å². The molecular formula is C48H38O6. The maximum absolute atomic E-state index is 11.2. The molecule has 0 radical (unpaired) electrons. The minimum atomic E-state index is -0.465. The van der Waals surface area contributed by atoms with E-state index in [1.807, 2.05) is 60.7 Å². The van der Waals surface area contributed by atoms with Gasteiger partial charge in [0.15, 0.2) is 0 Å². The Morgan fingerprint density at radius 2 is 0.907 bits per heavy atom. The van der Waals surface area contributed by atoms with Crippen LogP contribution in [-0.4, -0.2) is 38.4 Å². The smallest absolute Gasteiger partial charge is 0.330 e. The molecule has 266 valence electrons. The molecule has 0 aromatic heterocycles. The van der Waals surface area contributed by atoms with Gasteiger partial charge < -0.3 is 18.9 Å². The summed E-state index contributed by atoms with van der Waals surface area (Å²) < 4.78 is 21.3. The summed E-state index contributed by atoms with van der Waals surface area (Å²) in [5.41, 5.74) is 8.38. The van der Waals surface area contributed by atoms with Gasteiger partial charge in [-0.1, -0.05) is 73.2 Å². The molecule has 0 aliphatic heterocycles. The second-order valence-electron chi connectivity index (χ2n) is 12.5. The average molecular weight is 711 g/mol. The third kappa shape index (κ3) is 9.64. The van der Waals surface area contributed by atoms with Crippen LogP contribution in [0.2, 0.25) is 0 Å². The van der Waals surface area contributed by atoms with E-state index in [0.29, 0.717) is 11.5 Å². The van der Waals surface area contributed by atoms with Gasteiger partial charge in [0, 0.05) is 34.4 Å². The highest BCUT2D eigenvalue weighted by atomic mass is 16.6. The lowest BCUT2D eigenvalue weighted by atomic mass is 9.93. The topological polar surface area (TPSA) is 71.1 Å². The van der Waals surface area contributed by atoms with Crippen molar-refractivity contribution in [1.29, 1.82) is 0 Å². The van der Waals surface area contributed by atoms with E-state index in [1.54, 1.807) is 0 Å². The number of carbonyl (C=O) groups excluding carboxylic acids is 2. The summed E-state index contributed by atoms with van der Waals surface area (Å²) >= 11 is 0. The summed E-state index contributed by atoms with van der Waals surface area (Å²) in [5, 5.41) is 4.19. The van der Waals surface area contributed by atoms with Crippen molar-refractivity contribution in [2.45, 2.75) is 13.8 Å². The monoisotopic (exact) mass is 710 g/mol. The predicted octanol–water partition coefficient (Wildman–Crippen LogP) is 9.29. The molecule has 0 spiro atoms. The van der Waals surface area contributed by atoms with Crippen molar-refractivity contribution in [2.75, 3.05) is 26.4 Å². The van der Waals surface area contributed by atoms with E-state index < -0.39 is 11.9 Å². The molecule has 6 aromatic rings. The molecule has 6 rings (SSSR count). The first-order valence-corrected chi connectivity index (χ1v) is 17.5. The zero-order valence-electron chi connectivity index (χ0n) is 30.2. The maximum atomic E-state index is 11.2. The molecular weight excluding hydrogens is 673 g/mol. The number of benzene rings is 6. The molecule has 0 saturated heterocycles. The minimum absolute atomic E-state index is 0.162. The van der Waals surface area contributed by atoms with Gasteiger partial charge in [-0.05, 0) is 130 Å². The third-order valence-electron chi connectivity index (χ3n) is 8.56. The number of fused-ring (bicyclic) bond motifs is 2. The second kappa shape index (κ2) is 17.5. The average Bonchev–Trinajstić information content (AvgIpc) is 3.19. The lowest BCUT2D eigenvalue weighted by molar-refractivity contribution is -0.139. The third-order valence-corrected chi connectivity index (χ3v) is 8.56. The molecule has 0 aliphatic rings. The summed E-state index contributed by atoms with van der Waals surface area (Å²) in [5.74, 6) is 13.8. The highest BCUT2D eigenvalue weighted by molar-refractivity contribution is 5.86. The normalized spacial score (nSPS) is 10.3. The number of rotatable bonds is 11. The zero-order valence-corrected chi connectivity index (χ0v) is 30.2. The van der Waals surface area contributed by atoms with E-state index in [2.05, 4.69) is 99.2 Å². The summed E-state index contributed by atoms with van der Waals surface area (Å²) in [4.78, 5) is 22.4. The van der Waals surface area contributed by atoms with Gasteiger partial charge in [-0.25, -0.2) is 9.59 Å². The second-order valence-corrected chi connectivity index (χ2v) is 12.5. The van der Waals surface area contributed by atoms with Crippen LogP contribution in [0.3, 0.4) is 0 Å². The number of esters is 2. The van der Waals surface area contributed by atoms with Crippen molar-refractivity contribution in [3.63, 3.8) is 0 Å². The standard InChI is InChI=1S/C48H38O6/c1-5-46(49)53-25-23-51-44-21-19-40-29-36(13-17-42(40)31-44)8-7-35-11-15-39(16-12-35)48-33(3)27-38(28-34(48)4)10-9-37-14-18-43-32-45(22-20-41(43)30-37)52-24-26-54-47(50)6-2/h5-6,11-22,27-32H,1-2,23-26H2,3-4H3. The van der Waals surface area contributed by atoms with Crippen molar-refractivity contribution >= 4 is 33.5 Å². The van der Waals surface area contributed by atoms with Gasteiger partial charge in [-0.2, -0.15) is 0 Å². The first-order chi connectivity index (χ1) is 26.3. The number of hydrogen-bond acceptors (Lipinski definition) is 6. The Bertz CT molecular complexity index is 2480. The highest BCUT2D eigenvalue weighted by Crippen LogP contribution is 2.29. The lowest BCUT2D eigenvalue weighted by Crippen LogP contribution is -2.10. The molecule has 6 heteroatoms. The number of hydrogen-bond donors (Lipinski definition) is 0. The van der Waals surface area contributed by atoms with Crippen LogP contribution in [0.4, 0.5) is 0 Å². The van der Waals surface area contributed by atoms with Crippen molar-refractivity contribution in [3.8, 4) is 46.3 Å². The Morgan fingerprint density at radius 1 is 0.500 bits per heavy atom. The Kier molecular flexibility index (Phi) is 11.9. The molecule has 6 aromatic carbocycles. The van der Waals surface area contributed by atoms with Crippen molar-refractivity contribution in [3.05, 3.63) is 168 Å². The molecule has 0 aliphatic carbocycles. The van der Waals surface area contributed by atoms with E-state index in [4.69, 9.17) is 18.9 Å². The SMILES string of the molecule is C=CC(=O)OCCOc1ccc2cc(C#Cc3ccc(-c4c(C)cc(C#Cc5ccc6cc(OCCOC(=O)C=C)ccc6c5)cc4C)cc3)ccc2c1. The first kappa shape index (κ1) is 36.8. The molecule has 0 unspecified atom stereocenters. The van der Waals surface area contributed by atoms with Crippen molar-refractivity contribution < 1.29 is 28.5 Å². The van der Waals surface area contributed by atoms with Crippen LogP contribution >= 0.6 is 0 Å². The molecule has 0 atom stereocenters. The molecule has 0 fully saturated rings. The Labute approximate surface area is 315 Å². The van der Waals surface area contributed by atoms with E-state index in [-0.39, 0.29) is 26.4 Å². The largest absolute Gasteiger partial charge is 0.490 e. The molecule has 0 bridgehead atoms. The summed E-state index contributed by atoms with van der Waals surface area (Å²) in [6.07, 6.45) is 2.26. The molecule has 0 heterocycles. The van der Waals surface area contributed by atoms with Gasteiger partial charge in [-0.3, -0.25) is 0 Å². The molecule has 0 amide bonds. The summed E-state index contributed by atoms with van der Waals surface area (Å²) in [6.45, 7) is 11.9. The first-order valence-electron chi connectivity index (χ1n) is 17.5. The Hall–Kier alpha value is -7.02. The van der Waals surface area contributed by atoms with E-state index in [9.17, 15) is 9.59 Å². The van der Waals surface area contributed by atoms with Gasteiger partial charge in [0.05, 0.1) is 0 Å². The highest BCUT2D eigenvalue weighted by Gasteiger charge is 2.08. The fraction of sp³-hybridized carbons (Fsp3) is 0.125. The van der Waals surface area contributed by atoms with E-state index in [1.165, 1.54) is 5.56 Å². The molecule has 6 nitrogen and oxygen atoms in total. The summed E-state index contributed by atoms with van der Waals surface area (Å²) in [7, 11) is 0. The van der Waals surface area contributed by atoms with E-state index in [0.717, 1.165) is 72.6 Å². The van der Waals surface area contributed by atoms with Crippen LogP contribution in [0.1, 0.15) is 33.4 Å². The van der Waals surface area contributed by atoms with Crippen LogP contribution in [0, 0.1) is 37.5 Å². The van der Waals surface area contributed by atoms with Crippen LogP contribution < -0.4 is 9.47 Å². The quantitative estimate of drug-likeness (QED) is 0.0578. The maximum Gasteiger partial charge on any atom is 0.330 e. The molecule has 54 heavy (non-hydrogen) atoms. The van der Waals surface area contributed by atoms with Crippen molar-refractivity contribution in [1.82, 2.24) is 0 Å². The van der Waals surface area contributed by atoms with Gasteiger partial charge in [0.25, 0.3) is 0 Å². The van der Waals surface area contributed by atoms with Gasteiger partial charge in [0.2, 0.25) is 0 Å². The number of carbonyl (C=O) groups is 2.